The molecule has 1 aromatic carbocycles. The SMILES string of the molecule is CCn1cc(NC(C)c2nnc(-c3ccc(C)cc3)o2)cn1. The van der Waals surface area contributed by atoms with Crippen molar-refractivity contribution >= 4 is 5.69 Å². The number of nitrogens with zero attached hydrogens (tertiary/aromatic N) is 4. The van der Waals surface area contributed by atoms with Crippen molar-refractivity contribution in [2.75, 3.05) is 5.32 Å². The number of aryl methyl sites for hydroxylation is 2. The smallest absolute Gasteiger partial charge is 0.247 e. The average Bonchev–Trinajstić information content (AvgIpc) is 3.17. The molecule has 0 bridgehead atoms. The standard InChI is InChI=1S/C16H19N5O/c1-4-21-10-14(9-17-21)18-12(3)15-19-20-16(22-15)13-7-5-11(2)6-8-13/h5-10,12,18H,4H2,1-3H3. The molecule has 1 unspecified atom stereocenters. The minimum absolute atomic E-state index is 0.0822. The van der Waals surface area contributed by atoms with Crippen LogP contribution >= 0.6 is 0 Å². The summed E-state index contributed by atoms with van der Waals surface area (Å²) in [4.78, 5) is 0. The fourth-order valence-corrected chi connectivity index (χ4v) is 2.15. The van der Waals surface area contributed by atoms with E-state index in [1.54, 1.807) is 6.20 Å². The third kappa shape index (κ3) is 3.00. The Morgan fingerprint density at radius 3 is 2.68 bits per heavy atom. The van der Waals surface area contributed by atoms with Crippen LogP contribution in [-0.2, 0) is 6.54 Å². The number of benzene rings is 1. The fraction of sp³-hybridized carbons (Fsp3) is 0.312. The van der Waals surface area contributed by atoms with Crippen molar-refractivity contribution in [3.8, 4) is 11.5 Å². The van der Waals surface area contributed by atoms with E-state index in [1.165, 1.54) is 5.56 Å². The van der Waals surface area contributed by atoms with E-state index in [2.05, 4.69) is 20.6 Å². The van der Waals surface area contributed by atoms with Crippen LogP contribution in [0.2, 0.25) is 0 Å². The minimum atomic E-state index is -0.0822. The van der Waals surface area contributed by atoms with E-state index in [1.807, 2.05) is 55.9 Å². The molecule has 22 heavy (non-hydrogen) atoms. The Bertz CT molecular complexity index is 744. The lowest BCUT2D eigenvalue weighted by molar-refractivity contribution is 0.485. The number of hydrogen-bond acceptors (Lipinski definition) is 5. The topological polar surface area (TPSA) is 68.8 Å². The first kappa shape index (κ1) is 14.3. The molecule has 1 N–H and O–H groups in total. The Hall–Kier alpha value is -2.63. The van der Waals surface area contributed by atoms with Crippen LogP contribution in [0.5, 0.6) is 0 Å². The van der Waals surface area contributed by atoms with Crippen LogP contribution in [0, 0.1) is 6.92 Å². The predicted octanol–water partition coefficient (Wildman–Crippen LogP) is 3.43. The van der Waals surface area contributed by atoms with Crippen molar-refractivity contribution in [2.45, 2.75) is 33.4 Å². The third-order valence-corrected chi connectivity index (χ3v) is 3.45. The Labute approximate surface area is 129 Å². The molecule has 2 heterocycles. The zero-order chi connectivity index (χ0) is 15.5. The van der Waals surface area contributed by atoms with Crippen LogP contribution in [-0.4, -0.2) is 20.0 Å². The summed E-state index contributed by atoms with van der Waals surface area (Å²) in [5.41, 5.74) is 3.06. The molecular weight excluding hydrogens is 278 g/mol. The van der Waals surface area contributed by atoms with Crippen molar-refractivity contribution in [1.82, 2.24) is 20.0 Å². The number of hydrogen-bond donors (Lipinski definition) is 1. The lowest BCUT2D eigenvalue weighted by Gasteiger charge is -2.08. The number of anilines is 1. The van der Waals surface area contributed by atoms with Gasteiger partial charge in [-0.15, -0.1) is 10.2 Å². The highest BCUT2D eigenvalue weighted by Crippen LogP contribution is 2.23. The molecule has 0 aliphatic carbocycles. The fourth-order valence-electron chi connectivity index (χ4n) is 2.15. The van der Waals surface area contributed by atoms with Crippen molar-refractivity contribution in [3.63, 3.8) is 0 Å². The Kier molecular flexibility index (Phi) is 3.91. The Morgan fingerprint density at radius 1 is 1.23 bits per heavy atom. The molecule has 0 radical (unpaired) electrons. The van der Waals surface area contributed by atoms with Crippen LogP contribution in [0.4, 0.5) is 5.69 Å². The summed E-state index contributed by atoms with van der Waals surface area (Å²) in [6.45, 7) is 6.92. The van der Waals surface area contributed by atoms with E-state index in [0.717, 1.165) is 17.8 Å². The van der Waals surface area contributed by atoms with Gasteiger partial charge in [0.05, 0.1) is 11.9 Å². The van der Waals surface area contributed by atoms with E-state index < -0.39 is 0 Å². The average molecular weight is 297 g/mol. The van der Waals surface area contributed by atoms with Gasteiger partial charge in [0, 0.05) is 18.3 Å². The third-order valence-electron chi connectivity index (χ3n) is 3.45. The zero-order valence-corrected chi connectivity index (χ0v) is 12.9. The summed E-state index contributed by atoms with van der Waals surface area (Å²) < 4.78 is 7.63. The molecule has 2 aromatic heterocycles. The van der Waals surface area contributed by atoms with Gasteiger partial charge in [0.1, 0.15) is 6.04 Å². The van der Waals surface area contributed by atoms with Gasteiger partial charge in [0.2, 0.25) is 11.8 Å². The van der Waals surface area contributed by atoms with E-state index in [0.29, 0.717) is 11.8 Å². The van der Waals surface area contributed by atoms with Gasteiger partial charge < -0.3 is 9.73 Å². The van der Waals surface area contributed by atoms with Crippen LogP contribution in [0.3, 0.4) is 0 Å². The lowest BCUT2D eigenvalue weighted by atomic mass is 10.1. The molecule has 0 saturated heterocycles. The number of rotatable bonds is 5. The quantitative estimate of drug-likeness (QED) is 0.781. The zero-order valence-electron chi connectivity index (χ0n) is 12.9. The molecule has 6 heteroatoms. The molecule has 0 fully saturated rings. The molecule has 6 nitrogen and oxygen atoms in total. The maximum absolute atomic E-state index is 5.76. The number of nitrogens with one attached hydrogen (secondary N) is 1. The van der Waals surface area contributed by atoms with Crippen LogP contribution in [0.15, 0.2) is 41.1 Å². The second-order valence-electron chi connectivity index (χ2n) is 5.26. The van der Waals surface area contributed by atoms with Gasteiger partial charge in [-0.05, 0) is 32.9 Å². The Balaban J connectivity index is 1.73. The maximum atomic E-state index is 5.76. The normalized spacial score (nSPS) is 12.3. The Morgan fingerprint density at radius 2 is 2.00 bits per heavy atom. The van der Waals surface area contributed by atoms with Gasteiger partial charge in [-0.1, -0.05) is 17.7 Å². The van der Waals surface area contributed by atoms with E-state index in [9.17, 15) is 0 Å². The molecule has 0 aliphatic rings. The van der Waals surface area contributed by atoms with E-state index in [-0.39, 0.29) is 6.04 Å². The molecule has 3 rings (SSSR count). The first-order valence-corrected chi connectivity index (χ1v) is 7.35. The molecule has 0 saturated carbocycles. The summed E-state index contributed by atoms with van der Waals surface area (Å²) in [7, 11) is 0. The van der Waals surface area contributed by atoms with Crippen LogP contribution in [0.1, 0.15) is 31.3 Å². The predicted molar refractivity (Wildman–Crippen MR) is 84.4 cm³/mol. The van der Waals surface area contributed by atoms with Crippen LogP contribution < -0.4 is 5.32 Å². The van der Waals surface area contributed by atoms with Gasteiger partial charge in [-0.2, -0.15) is 5.10 Å². The largest absolute Gasteiger partial charge is 0.418 e. The van der Waals surface area contributed by atoms with E-state index >= 15 is 0 Å². The first-order chi connectivity index (χ1) is 10.7. The first-order valence-electron chi connectivity index (χ1n) is 7.35. The van der Waals surface area contributed by atoms with Gasteiger partial charge in [0.25, 0.3) is 0 Å². The molecule has 114 valence electrons. The maximum Gasteiger partial charge on any atom is 0.247 e. The minimum Gasteiger partial charge on any atom is -0.418 e. The summed E-state index contributed by atoms with van der Waals surface area (Å²) in [5.74, 6) is 1.09. The number of aromatic nitrogens is 4. The highest BCUT2D eigenvalue weighted by atomic mass is 16.4. The molecule has 0 amide bonds. The molecule has 0 spiro atoms. The second kappa shape index (κ2) is 6.01. The van der Waals surface area contributed by atoms with Crippen molar-refractivity contribution in [2.24, 2.45) is 0 Å². The van der Waals surface area contributed by atoms with Gasteiger partial charge in [-0.3, -0.25) is 4.68 Å². The molecule has 0 aliphatic heterocycles. The van der Waals surface area contributed by atoms with Gasteiger partial charge >= 0.3 is 0 Å². The molecule has 3 aromatic rings. The van der Waals surface area contributed by atoms with Crippen molar-refractivity contribution in [3.05, 3.63) is 48.1 Å². The second-order valence-corrected chi connectivity index (χ2v) is 5.26. The molecular formula is C16H19N5O. The van der Waals surface area contributed by atoms with Crippen LogP contribution in [0.25, 0.3) is 11.5 Å². The van der Waals surface area contributed by atoms with Gasteiger partial charge in [-0.25, -0.2) is 0 Å². The van der Waals surface area contributed by atoms with Gasteiger partial charge in [0.15, 0.2) is 0 Å². The van der Waals surface area contributed by atoms with E-state index in [4.69, 9.17) is 4.42 Å². The monoisotopic (exact) mass is 297 g/mol. The lowest BCUT2D eigenvalue weighted by Crippen LogP contribution is -2.06. The summed E-state index contributed by atoms with van der Waals surface area (Å²) in [6.07, 6.45) is 3.74. The highest BCUT2D eigenvalue weighted by molar-refractivity contribution is 5.53. The summed E-state index contributed by atoms with van der Waals surface area (Å²) >= 11 is 0. The summed E-state index contributed by atoms with van der Waals surface area (Å²) in [6, 6.07) is 7.94. The van der Waals surface area contributed by atoms with Crippen molar-refractivity contribution < 1.29 is 4.42 Å². The molecule has 1 atom stereocenters. The van der Waals surface area contributed by atoms with Crippen molar-refractivity contribution in [1.29, 1.82) is 0 Å². The highest BCUT2D eigenvalue weighted by Gasteiger charge is 2.15. The summed E-state index contributed by atoms with van der Waals surface area (Å²) in [5, 5.41) is 15.8.